The molecule has 2 aromatic carbocycles. The summed E-state index contributed by atoms with van der Waals surface area (Å²) in [6.45, 7) is 1.67. The summed E-state index contributed by atoms with van der Waals surface area (Å²) < 4.78 is 27.2. The lowest BCUT2D eigenvalue weighted by Crippen LogP contribution is -2.22. The average Bonchev–Trinajstić information content (AvgIpc) is 3.40. The van der Waals surface area contributed by atoms with Gasteiger partial charge >= 0.3 is 5.63 Å². The minimum Gasteiger partial charge on any atom is -0.437 e. The maximum Gasteiger partial charge on any atom is 0.344 e. The standard InChI is InChI=1S/C26H15FN6O3S/c1-12-10-15(11-28-22(12)27)13-6-8-14(9-7-13)18-19-21(16-4-2-3-5-17(16)35-25(19)34)36-24-20(18)23-30-31-32-33(23)26(37)29-24/h2-11,18H,1H3,(H,30,32). The molecule has 1 aliphatic rings. The van der Waals surface area contributed by atoms with Crippen molar-refractivity contribution in [1.82, 2.24) is 30.0 Å². The number of aromatic amines is 1. The third-order valence-electron chi connectivity index (χ3n) is 6.53. The van der Waals surface area contributed by atoms with Crippen LogP contribution in [0.3, 0.4) is 0 Å². The summed E-state index contributed by atoms with van der Waals surface area (Å²) in [7, 11) is 0. The Kier molecular flexibility index (Phi) is 4.57. The van der Waals surface area contributed by atoms with Gasteiger partial charge in [0.15, 0.2) is 11.4 Å². The lowest BCUT2D eigenvalue weighted by atomic mass is 9.83. The number of pyridine rings is 1. The molecule has 0 bridgehead atoms. The Morgan fingerprint density at radius 1 is 1.08 bits per heavy atom. The SMILES string of the molecule is Cc1cc(-c2ccc(C3c4c(c5ccccc5oc4=O)Oc4nc(=S)n5[nH]nnc5c43)cc2)cnc1F. The highest BCUT2D eigenvalue weighted by Gasteiger charge is 2.37. The van der Waals surface area contributed by atoms with Gasteiger partial charge in [0.25, 0.3) is 0 Å². The van der Waals surface area contributed by atoms with Crippen molar-refractivity contribution in [1.29, 1.82) is 0 Å². The summed E-state index contributed by atoms with van der Waals surface area (Å²) in [6, 6.07) is 16.5. The molecule has 0 spiro atoms. The number of aryl methyl sites for hydroxylation is 1. The van der Waals surface area contributed by atoms with E-state index in [1.807, 2.05) is 36.4 Å². The Hall–Kier alpha value is -4.77. The number of nitrogens with zero attached hydrogens (tertiary/aromatic N) is 5. The van der Waals surface area contributed by atoms with Crippen molar-refractivity contribution in [3.63, 3.8) is 0 Å². The van der Waals surface area contributed by atoms with Gasteiger partial charge in [-0.15, -0.1) is 5.10 Å². The molecule has 7 rings (SSSR count). The fourth-order valence-electron chi connectivity index (χ4n) is 4.79. The van der Waals surface area contributed by atoms with E-state index in [4.69, 9.17) is 21.4 Å². The molecule has 1 N–H and O–H groups in total. The molecule has 180 valence electrons. The molecule has 1 aliphatic heterocycles. The van der Waals surface area contributed by atoms with Crippen LogP contribution >= 0.6 is 12.2 Å². The van der Waals surface area contributed by atoms with E-state index in [9.17, 15) is 9.18 Å². The van der Waals surface area contributed by atoms with E-state index < -0.39 is 17.5 Å². The number of hydrogen-bond acceptors (Lipinski definition) is 8. The first-order valence-electron chi connectivity index (χ1n) is 11.3. The van der Waals surface area contributed by atoms with Gasteiger partial charge in [-0.05, 0) is 48.5 Å². The molecule has 37 heavy (non-hydrogen) atoms. The number of fused-ring (bicyclic) bond motifs is 6. The van der Waals surface area contributed by atoms with Gasteiger partial charge < -0.3 is 9.15 Å². The zero-order valence-electron chi connectivity index (χ0n) is 19.1. The molecule has 1 atom stereocenters. The van der Waals surface area contributed by atoms with Crippen molar-refractivity contribution in [2.24, 2.45) is 0 Å². The predicted molar refractivity (Wildman–Crippen MR) is 134 cm³/mol. The van der Waals surface area contributed by atoms with Crippen LogP contribution in [0.5, 0.6) is 11.6 Å². The number of nitrogens with one attached hydrogen (secondary N) is 1. The Morgan fingerprint density at radius 2 is 1.89 bits per heavy atom. The van der Waals surface area contributed by atoms with Gasteiger partial charge in [0.05, 0.1) is 22.4 Å². The molecule has 9 nitrogen and oxygen atoms in total. The summed E-state index contributed by atoms with van der Waals surface area (Å²) in [6.07, 6.45) is 1.49. The second-order valence-electron chi connectivity index (χ2n) is 8.69. The molecule has 0 saturated carbocycles. The highest BCUT2D eigenvalue weighted by Crippen LogP contribution is 2.48. The first kappa shape index (κ1) is 21.5. The van der Waals surface area contributed by atoms with E-state index in [-0.39, 0.29) is 10.7 Å². The van der Waals surface area contributed by atoms with Gasteiger partial charge in [0, 0.05) is 17.3 Å². The van der Waals surface area contributed by atoms with E-state index >= 15 is 0 Å². The summed E-state index contributed by atoms with van der Waals surface area (Å²) in [5.41, 5.74) is 3.96. The number of halogens is 1. The van der Waals surface area contributed by atoms with Gasteiger partial charge in [-0.3, -0.25) is 0 Å². The number of benzene rings is 2. The third-order valence-corrected chi connectivity index (χ3v) is 6.80. The number of hydrogen-bond donors (Lipinski definition) is 1. The van der Waals surface area contributed by atoms with Gasteiger partial charge in [-0.25, -0.2) is 9.78 Å². The fourth-order valence-corrected chi connectivity index (χ4v) is 5.00. The topological polar surface area (TPSA) is 111 Å². The summed E-state index contributed by atoms with van der Waals surface area (Å²) in [5.74, 6) is -0.529. The van der Waals surface area contributed by atoms with E-state index in [1.165, 1.54) is 10.7 Å². The van der Waals surface area contributed by atoms with Crippen LogP contribution < -0.4 is 10.4 Å². The average molecular weight is 511 g/mol. The smallest absolute Gasteiger partial charge is 0.344 e. The summed E-state index contributed by atoms with van der Waals surface area (Å²) in [4.78, 5) is 21.7. The van der Waals surface area contributed by atoms with E-state index in [0.717, 1.165) is 16.7 Å². The van der Waals surface area contributed by atoms with Gasteiger partial charge in [0.2, 0.25) is 16.6 Å². The highest BCUT2D eigenvalue weighted by atomic mass is 32.1. The number of ether oxygens (including phenoxy) is 1. The highest BCUT2D eigenvalue weighted by molar-refractivity contribution is 7.71. The molecule has 11 heteroatoms. The Balaban J connectivity index is 1.49. The van der Waals surface area contributed by atoms with Crippen LogP contribution in [0.1, 0.15) is 28.2 Å². The van der Waals surface area contributed by atoms with Crippen molar-refractivity contribution in [2.75, 3.05) is 0 Å². The zero-order valence-corrected chi connectivity index (χ0v) is 19.9. The van der Waals surface area contributed by atoms with Crippen molar-refractivity contribution < 1.29 is 13.5 Å². The molecule has 0 fully saturated rings. The number of tetrazole rings is 1. The third kappa shape index (κ3) is 3.21. The summed E-state index contributed by atoms with van der Waals surface area (Å²) >= 11 is 5.41. The largest absolute Gasteiger partial charge is 0.437 e. The number of para-hydroxylation sites is 1. The molecular formula is C26H15FN6O3S. The zero-order chi connectivity index (χ0) is 25.3. The maximum absolute atomic E-state index is 13.7. The molecule has 6 aromatic rings. The normalized spacial score (nSPS) is 14.4. The van der Waals surface area contributed by atoms with Crippen LogP contribution in [0, 0.1) is 17.6 Å². The maximum atomic E-state index is 13.7. The van der Waals surface area contributed by atoms with Crippen molar-refractivity contribution in [2.45, 2.75) is 12.8 Å². The van der Waals surface area contributed by atoms with Gasteiger partial charge in [-0.1, -0.05) is 41.6 Å². The van der Waals surface area contributed by atoms with Crippen LogP contribution in [-0.4, -0.2) is 30.0 Å². The van der Waals surface area contributed by atoms with E-state index in [0.29, 0.717) is 39.1 Å². The van der Waals surface area contributed by atoms with Gasteiger partial charge in [0.1, 0.15) is 5.58 Å². The van der Waals surface area contributed by atoms with Crippen LogP contribution in [0.4, 0.5) is 4.39 Å². The van der Waals surface area contributed by atoms with Crippen LogP contribution in [0.25, 0.3) is 27.7 Å². The fraction of sp³-hybridized carbons (Fsp3) is 0.0769. The number of H-pyrrole nitrogens is 1. The number of aromatic nitrogens is 6. The predicted octanol–water partition coefficient (Wildman–Crippen LogP) is 5.08. The lowest BCUT2D eigenvalue weighted by molar-refractivity contribution is 0.421. The molecule has 4 aromatic heterocycles. The Morgan fingerprint density at radius 3 is 2.70 bits per heavy atom. The van der Waals surface area contributed by atoms with Crippen molar-refractivity contribution in [3.05, 3.63) is 104 Å². The Bertz CT molecular complexity index is 2000. The molecule has 1 unspecified atom stereocenters. The first-order valence-corrected chi connectivity index (χ1v) is 11.7. The van der Waals surface area contributed by atoms with E-state index in [2.05, 4.69) is 25.5 Å². The van der Waals surface area contributed by atoms with Crippen LogP contribution in [-0.2, 0) is 0 Å². The quantitative estimate of drug-likeness (QED) is 0.195. The molecule has 0 saturated heterocycles. The molecular weight excluding hydrogens is 495 g/mol. The van der Waals surface area contributed by atoms with Crippen LogP contribution in [0.2, 0.25) is 0 Å². The van der Waals surface area contributed by atoms with Crippen LogP contribution in [0.15, 0.2) is 70.0 Å². The van der Waals surface area contributed by atoms with Crippen molar-refractivity contribution in [3.8, 4) is 22.8 Å². The molecule has 0 aliphatic carbocycles. The number of rotatable bonds is 2. The first-order chi connectivity index (χ1) is 18.0. The molecule has 5 heterocycles. The minimum absolute atomic E-state index is 0.183. The van der Waals surface area contributed by atoms with Gasteiger partial charge in [-0.2, -0.15) is 19.1 Å². The molecule has 0 radical (unpaired) electrons. The molecule has 0 amide bonds. The van der Waals surface area contributed by atoms with E-state index in [1.54, 1.807) is 25.1 Å². The summed E-state index contributed by atoms with van der Waals surface area (Å²) in [5, 5.41) is 11.4. The monoisotopic (exact) mass is 510 g/mol. The Labute approximate surface area is 212 Å². The second kappa shape index (κ2) is 7.87. The lowest BCUT2D eigenvalue weighted by Gasteiger charge is -2.27. The second-order valence-corrected chi connectivity index (χ2v) is 9.05. The minimum atomic E-state index is -0.634. The van der Waals surface area contributed by atoms with Crippen molar-refractivity contribution >= 4 is 28.8 Å².